The molecule has 2 N–H and O–H groups in total. The van der Waals surface area contributed by atoms with Gasteiger partial charge in [0.15, 0.2) is 0 Å². The second kappa shape index (κ2) is 6.79. The van der Waals surface area contributed by atoms with Crippen LogP contribution in [0, 0.1) is 5.92 Å². The molecule has 0 aliphatic heterocycles. The van der Waals surface area contributed by atoms with E-state index in [0.717, 1.165) is 13.1 Å². The van der Waals surface area contributed by atoms with Gasteiger partial charge in [-0.1, -0.05) is 6.92 Å². The van der Waals surface area contributed by atoms with Gasteiger partial charge >= 0.3 is 5.97 Å². The van der Waals surface area contributed by atoms with E-state index >= 15 is 0 Å². The maximum Gasteiger partial charge on any atom is 0.307 e. The van der Waals surface area contributed by atoms with Crippen LogP contribution in [-0.4, -0.2) is 48.7 Å². The lowest BCUT2D eigenvalue weighted by Crippen LogP contribution is -2.36. The summed E-state index contributed by atoms with van der Waals surface area (Å²) in [6, 6.07) is 0.536. The van der Waals surface area contributed by atoms with Crippen LogP contribution in [-0.2, 0) is 4.79 Å². The van der Waals surface area contributed by atoms with E-state index in [1.165, 1.54) is 0 Å². The molecule has 0 spiro atoms. The van der Waals surface area contributed by atoms with Crippen molar-refractivity contribution in [3.05, 3.63) is 0 Å². The van der Waals surface area contributed by atoms with Gasteiger partial charge in [0.1, 0.15) is 0 Å². The lowest BCUT2D eigenvalue weighted by molar-refractivity contribution is -0.140. The minimum atomic E-state index is -0.741. The maximum atomic E-state index is 10.5. The first kappa shape index (κ1) is 13.4. The second-order valence-corrected chi connectivity index (χ2v) is 4.02. The number of carboxylic acids is 1. The first-order valence-corrected chi connectivity index (χ1v) is 5.09. The molecule has 1 atom stereocenters. The topological polar surface area (TPSA) is 52.6 Å². The SMILES string of the molecule is CC(CNCCN(C)C(C)C)C(=O)O. The van der Waals surface area contributed by atoms with Crippen molar-refractivity contribution in [1.29, 1.82) is 0 Å². The average molecular weight is 202 g/mol. The largest absolute Gasteiger partial charge is 0.481 e. The van der Waals surface area contributed by atoms with E-state index < -0.39 is 5.97 Å². The number of aliphatic carboxylic acids is 1. The van der Waals surface area contributed by atoms with Crippen LogP contribution >= 0.6 is 0 Å². The van der Waals surface area contributed by atoms with Gasteiger partial charge in [-0.15, -0.1) is 0 Å². The fourth-order valence-electron chi connectivity index (χ4n) is 0.919. The highest BCUT2D eigenvalue weighted by atomic mass is 16.4. The fraction of sp³-hybridized carbons (Fsp3) is 0.900. The van der Waals surface area contributed by atoms with Gasteiger partial charge in [-0.25, -0.2) is 0 Å². The molecule has 0 saturated carbocycles. The van der Waals surface area contributed by atoms with Crippen molar-refractivity contribution < 1.29 is 9.90 Å². The lowest BCUT2D eigenvalue weighted by atomic mass is 10.2. The second-order valence-electron chi connectivity index (χ2n) is 4.02. The minimum absolute atomic E-state index is 0.306. The number of likely N-dealkylation sites (N-methyl/N-ethyl adjacent to an activating group) is 1. The maximum absolute atomic E-state index is 10.5. The summed E-state index contributed by atoms with van der Waals surface area (Å²) in [5.41, 5.74) is 0. The number of carboxylic acid groups (broad SMARTS) is 1. The summed E-state index contributed by atoms with van der Waals surface area (Å²) in [6.07, 6.45) is 0. The standard InChI is InChI=1S/C10H22N2O2/c1-8(2)12(4)6-5-11-7-9(3)10(13)14/h8-9,11H,5-7H2,1-4H3,(H,13,14). The highest BCUT2D eigenvalue weighted by molar-refractivity contribution is 5.69. The molecule has 0 aromatic carbocycles. The molecule has 84 valence electrons. The summed E-state index contributed by atoms with van der Waals surface area (Å²) in [7, 11) is 2.06. The third-order valence-corrected chi connectivity index (χ3v) is 2.39. The van der Waals surface area contributed by atoms with E-state index in [1.807, 2.05) is 0 Å². The van der Waals surface area contributed by atoms with Gasteiger partial charge in [-0.05, 0) is 20.9 Å². The van der Waals surface area contributed by atoms with Gasteiger partial charge in [-0.3, -0.25) is 4.79 Å². The van der Waals surface area contributed by atoms with Gasteiger partial charge in [-0.2, -0.15) is 0 Å². The van der Waals surface area contributed by atoms with Crippen LogP contribution in [0.15, 0.2) is 0 Å². The summed E-state index contributed by atoms with van der Waals surface area (Å²) in [4.78, 5) is 12.7. The molecule has 0 aliphatic rings. The van der Waals surface area contributed by atoms with Gasteiger partial charge in [0.2, 0.25) is 0 Å². The Morgan fingerprint density at radius 2 is 2.00 bits per heavy atom. The van der Waals surface area contributed by atoms with E-state index in [9.17, 15) is 4.79 Å². The molecule has 14 heavy (non-hydrogen) atoms. The van der Waals surface area contributed by atoms with Crippen LogP contribution in [0.1, 0.15) is 20.8 Å². The van der Waals surface area contributed by atoms with Crippen LogP contribution < -0.4 is 5.32 Å². The number of carbonyl (C=O) groups is 1. The summed E-state index contributed by atoms with van der Waals surface area (Å²) >= 11 is 0. The Bertz CT molecular complexity index is 172. The smallest absolute Gasteiger partial charge is 0.307 e. The van der Waals surface area contributed by atoms with Crippen molar-refractivity contribution in [3.8, 4) is 0 Å². The molecule has 0 radical (unpaired) electrons. The zero-order valence-corrected chi connectivity index (χ0v) is 9.58. The predicted octanol–water partition coefficient (Wildman–Crippen LogP) is 0.637. The first-order chi connectivity index (χ1) is 6.45. The molecule has 0 bridgehead atoms. The number of nitrogens with one attached hydrogen (secondary N) is 1. The Morgan fingerprint density at radius 1 is 1.43 bits per heavy atom. The van der Waals surface area contributed by atoms with Crippen molar-refractivity contribution in [3.63, 3.8) is 0 Å². The van der Waals surface area contributed by atoms with Gasteiger partial charge in [0, 0.05) is 25.7 Å². The summed E-state index contributed by atoms with van der Waals surface area (Å²) < 4.78 is 0. The zero-order valence-electron chi connectivity index (χ0n) is 9.58. The summed E-state index contributed by atoms with van der Waals surface area (Å²) in [5.74, 6) is -1.05. The molecule has 0 fully saturated rings. The third kappa shape index (κ3) is 5.94. The summed E-state index contributed by atoms with van der Waals surface area (Å²) in [6.45, 7) is 8.32. The molecule has 0 amide bonds. The number of nitrogens with zero attached hydrogens (tertiary/aromatic N) is 1. The first-order valence-electron chi connectivity index (χ1n) is 5.09. The van der Waals surface area contributed by atoms with Crippen LogP contribution in [0.3, 0.4) is 0 Å². The van der Waals surface area contributed by atoms with Gasteiger partial charge in [0.05, 0.1) is 5.92 Å². The van der Waals surface area contributed by atoms with E-state index in [2.05, 4.69) is 31.1 Å². The van der Waals surface area contributed by atoms with Gasteiger partial charge < -0.3 is 15.3 Å². The van der Waals surface area contributed by atoms with Crippen molar-refractivity contribution in [1.82, 2.24) is 10.2 Å². The van der Waals surface area contributed by atoms with E-state index in [0.29, 0.717) is 12.6 Å². The average Bonchev–Trinajstić information content (AvgIpc) is 2.11. The number of hydrogen-bond donors (Lipinski definition) is 2. The third-order valence-electron chi connectivity index (χ3n) is 2.39. The van der Waals surface area contributed by atoms with Crippen LogP contribution in [0.4, 0.5) is 0 Å². The number of hydrogen-bond acceptors (Lipinski definition) is 3. The molecule has 1 unspecified atom stereocenters. The molecule has 4 heteroatoms. The van der Waals surface area contributed by atoms with Crippen LogP contribution in [0.25, 0.3) is 0 Å². The molecule has 4 nitrogen and oxygen atoms in total. The highest BCUT2D eigenvalue weighted by Gasteiger charge is 2.09. The molecule has 0 aliphatic carbocycles. The van der Waals surface area contributed by atoms with Crippen molar-refractivity contribution in [2.24, 2.45) is 5.92 Å². The predicted molar refractivity (Wildman–Crippen MR) is 57.4 cm³/mol. The Hall–Kier alpha value is -0.610. The lowest BCUT2D eigenvalue weighted by Gasteiger charge is -2.21. The van der Waals surface area contributed by atoms with Crippen molar-refractivity contribution in [2.45, 2.75) is 26.8 Å². The summed E-state index contributed by atoms with van der Waals surface area (Å²) in [5, 5.41) is 11.8. The van der Waals surface area contributed by atoms with E-state index in [1.54, 1.807) is 6.92 Å². The Kier molecular flexibility index (Phi) is 6.49. The van der Waals surface area contributed by atoms with Crippen LogP contribution in [0.2, 0.25) is 0 Å². The van der Waals surface area contributed by atoms with Gasteiger partial charge in [0.25, 0.3) is 0 Å². The Labute approximate surface area is 86.3 Å². The molecular weight excluding hydrogens is 180 g/mol. The molecule has 0 rings (SSSR count). The highest BCUT2D eigenvalue weighted by Crippen LogP contribution is 1.93. The minimum Gasteiger partial charge on any atom is -0.481 e. The fourth-order valence-corrected chi connectivity index (χ4v) is 0.919. The van der Waals surface area contributed by atoms with E-state index in [-0.39, 0.29) is 5.92 Å². The molecule has 0 aromatic rings. The van der Waals surface area contributed by atoms with E-state index in [4.69, 9.17) is 5.11 Å². The van der Waals surface area contributed by atoms with Crippen molar-refractivity contribution >= 4 is 5.97 Å². The van der Waals surface area contributed by atoms with Crippen molar-refractivity contribution in [2.75, 3.05) is 26.7 Å². The molecule has 0 aromatic heterocycles. The monoisotopic (exact) mass is 202 g/mol. The Morgan fingerprint density at radius 3 is 2.43 bits per heavy atom. The molecule has 0 heterocycles. The van der Waals surface area contributed by atoms with Crippen LogP contribution in [0.5, 0.6) is 0 Å². The molecular formula is C10H22N2O2. The zero-order chi connectivity index (χ0) is 11.1. The normalized spacial score (nSPS) is 13.6. The quantitative estimate of drug-likeness (QED) is 0.595. The Balaban J connectivity index is 3.42. The number of rotatable bonds is 7. The molecule has 0 saturated heterocycles.